The third-order valence-electron chi connectivity index (χ3n) is 2.83. The van der Waals surface area contributed by atoms with E-state index < -0.39 is 6.10 Å². The van der Waals surface area contributed by atoms with E-state index in [0.717, 1.165) is 17.1 Å². The maximum atomic E-state index is 9.54. The summed E-state index contributed by atoms with van der Waals surface area (Å²) in [6.07, 6.45) is 0.226. The number of aliphatic hydroxyl groups excluding tert-OH is 1. The van der Waals surface area contributed by atoms with Gasteiger partial charge in [0.25, 0.3) is 0 Å². The number of hydrogen-bond donors (Lipinski definition) is 2. The highest BCUT2D eigenvalue weighted by Crippen LogP contribution is 2.38. The summed E-state index contributed by atoms with van der Waals surface area (Å²) in [5.41, 5.74) is 0.991. The average Bonchev–Trinajstić information content (AvgIpc) is 2.83. The third kappa shape index (κ3) is 2.86. The van der Waals surface area contributed by atoms with Gasteiger partial charge in [-0.3, -0.25) is 0 Å². The molecule has 18 heavy (non-hydrogen) atoms. The van der Waals surface area contributed by atoms with Crippen molar-refractivity contribution in [2.45, 2.75) is 26.0 Å². The first kappa shape index (κ1) is 13.0. The van der Waals surface area contributed by atoms with Gasteiger partial charge in [-0.1, -0.05) is 6.92 Å². The standard InChI is InChI=1S/C13H19NO4/c1-3-10(15)7-16-11-5-13-12(17-8-18-13)4-9(11)6-14-2/h4-5,10,14-15H,3,6-8H2,1-2H3. The van der Waals surface area contributed by atoms with Crippen LogP contribution in [0.15, 0.2) is 12.1 Å². The number of ether oxygens (including phenoxy) is 3. The Morgan fingerprint density at radius 2 is 2.11 bits per heavy atom. The Balaban J connectivity index is 2.15. The van der Waals surface area contributed by atoms with Gasteiger partial charge in [-0.2, -0.15) is 0 Å². The number of benzene rings is 1. The molecule has 1 aliphatic heterocycles. The molecule has 1 aromatic rings. The van der Waals surface area contributed by atoms with Crippen LogP contribution in [0, 0.1) is 0 Å². The van der Waals surface area contributed by atoms with Crippen LogP contribution in [0.5, 0.6) is 17.2 Å². The zero-order valence-corrected chi connectivity index (χ0v) is 10.7. The van der Waals surface area contributed by atoms with Crippen LogP contribution in [-0.2, 0) is 6.54 Å². The van der Waals surface area contributed by atoms with Gasteiger partial charge in [0.1, 0.15) is 12.4 Å². The molecule has 0 amide bonds. The minimum Gasteiger partial charge on any atom is -0.490 e. The second-order valence-corrected chi connectivity index (χ2v) is 4.22. The van der Waals surface area contributed by atoms with E-state index in [1.54, 1.807) is 0 Å². The number of fused-ring (bicyclic) bond motifs is 1. The van der Waals surface area contributed by atoms with E-state index in [-0.39, 0.29) is 13.4 Å². The van der Waals surface area contributed by atoms with Gasteiger partial charge in [0.05, 0.1) is 6.10 Å². The molecule has 0 saturated carbocycles. The van der Waals surface area contributed by atoms with Crippen LogP contribution in [-0.4, -0.2) is 31.7 Å². The van der Waals surface area contributed by atoms with Crippen LogP contribution in [0.2, 0.25) is 0 Å². The van der Waals surface area contributed by atoms with E-state index in [1.807, 2.05) is 26.1 Å². The van der Waals surface area contributed by atoms with Crippen molar-refractivity contribution in [1.29, 1.82) is 0 Å². The summed E-state index contributed by atoms with van der Waals surface area (Å²) in [6.45, 7) is 3.12. The predicted molar refractivity (Wildman–Crippen MR) is 67.1 cm³/mol. The molecule has 5 heteroatoms. The van der Waals surface area contributed by atoms with Gasteiger partial charge in [-0.25, -0.2) is 0 Å². The van der Waals surface area contributed by atoms with Crippen molar-refractivity contribution in [3.63, 3.8) is 0 Å². The molecule has 0 saturated heterocycles. The second kappa shape index (κ2) is 5.93. The van der Waals surface area contributed by atoms with Crippen molar-refractivity contribution >= 4 is 0 Å². The predicted octanol–water partition coefficient (Wildman–Crippen LogP) is 1.28. The number of hydrogen-bond acceptors (Lipinski definition) is 5. The molecule has 0 radical (unpaired) electrons. The summed E-state index contributed by atoms with van der Waals surface area (Å²) in [4.78, 5) is 0. The molecule has 2 rings (SSSR count). The Hall–Kier alpha value is -1.46. The SMILES string of the molecule is CCC(O)COc1cc2c(cc1CNC)OCO2. The van der Waals surface area contributed by atoms with E-state index in [9.17, 15) is 5.11 Å². The molecule has 0 aromatic heterocycles. The van der Waals surface area contributed by atoms with Gasteiger partial charge in [-0.05, 0) is 19.5 Å². The van der Waals surface area contributed by atoms with Gasteiger partial charge < -0.3 is 24.6 Å². The Morgan fingerprint density at radius 1 is 1.39 bits per heavy atom. The van der Waals surface area contributed by atoms with Crippen molar-refractivity contribution in [1.82, 2.24) is 5.32 Å². The number of nitrogens with one attached hydrogen (secondary N) is 1. The van der Waals surface area contributed by atoms with Gasteiger partial charge in [0.15, 0.2) is 11.5 Å². The summed E-state index contributed by atoms with van der Waals surface area (Å²) in [5.74, 6) is 2.15. The Bertz CT molecular complexity index is 408. The molecule has 1 unspecified atom stereocenters. The average molecular weight is 253 g/mol. The van der Waals surface area contributed by atoms with Crippen LogP contribution >= 0.6 is 0 Å². The summed E-state index contributed by atoms with van der Waals surface area (Å²) in [5, 5.41) is 12.6. The zero-order valence-electron chi connectivity index (χ0n) is 10.7. The van der Waals surface area contributed by atoms with E-state index in [2.05, 4.69) is 5.32 Å². The fourth-order valence-corrected chi connectivity index (χ4v) is 1.73. The van der Waals surface area contributed by atoms with Crippen LogP contribution in [0.4, 0.5) is 0 Å². The molecule has 5 nitrogen and oxygen atoms in total. The first-order chi connectivity index (χ1) is 8.74. The van der Waals surface area contributed by atoms with Crippen molar-refractivity contribution < 1.29 is 19.3 Å². The van der Waals surface area contributed by atoms with Gasteiger partial charge in [0.2, 0.25) is 6.79 Å². The van der Waals surface area contributed by atoms with E-state index in [0.29, 0.717) is 18.7 Å². The summed E-state index contributed by atoms with van der Waals surface area (Å²) in [6, 6.07) is 3.73. The summed E-state index contributed by atoms with van der Waals surface area (Å²) in [7, 11) is 1.87. The molecule has 0 spiro atoms. The molecule has 1 heterocycles. The van der Waals surface area contributed by atoms with Gasteiger partial charge in [-0.15, -0.1) is 0 Å². The second-order valence-electron chi connectivity index (χ2n) is 4.22. The minimum atomic E-state index is -0.446. The normalized spacial score (nSPS) is 14.6. The summed E-state index contributed by atoms with van der Waals surface area (Å²) < 4.78 is 16.3. The lowest BCUT2D eigenvalue weighted by molar-refractivity contribution is 0.103. The molecule has 100 valence electrons. The monoisotopic (exact) mass is 253 g/mol. The highest BCUT2D eigenvalue weighted by molar-refractivity contribution is 5.51. The van der Waals surface area contributed by atoms with Crippen LogP contribution < -0.4 is 19.5 Å². The van der Waals surface area contributed by atoms with Gasteiger partial charge in [0, 0.05) is 18.2 Å². The van der Waals surface area contributed by atoms with Crippen LogP contribution in [0.25, 0.3) is 0 Å². The minimum absolute atomic E-state index is 0.245. The lowest BCUT2D eigenvalue weighted by Crippen LogP contribution is -2.17. The topological polar surface area (TPSA) is 60.0 Å². The lowest BCUT2D eigenvalue weighted by atomic mass is 10.1. The molecular weight excluding hydrogens is 234 g/mol. The van der Waals surface area contributed by atoms with E-state index >= 15 is 0 Å². The summed E-state index contributed by atoms with van der Waals surface area (Å²) >= 11 is 0. The van der Waals surface area contributed by atoms with E-state index in [4.69, 9.17) is 14.2 Å². The van der Waals surface area contributed by atoms with E-state index in [1.165, 1.54) is 0 Å². The third-order valence-corrected chi connectivity index (χ3v) is 2.83. The molecule has 1 atom stereocenters. The highest BCUT2D eigenvalue weighted by Gasteiger charge is 2.18. The zero-order chi connectivity index (χ0) is 13.0. The molecule has 0 fully saturated rings. The first-order valence-electron chi connectivity index (χ1n) is 6.12. The fourth-order valence-electron chi connectivity index (χ4n) is 1.73. The van der Waals surface area contributed by atoms with Crippen molar-refractivity contribution in [2.75, 3.05) is 20.4 Å². The molecule has 2 N–H and O–H groups in total. The molecule has 0 bridgehead atoms. The first-order valence-corrected chi connectivity index (χ1v) is 6.12. The Kier molecular flexibility index (Phi) is 4.28. The largest absolute Gasteiger partial charge is 0.490 e. The molecular formula is C13H19NO4. The molecule has 0 aliphatic carbocycles. The Labute approximate surface area is 107 Å². The number of rotatable bonds is 6. The van der Waals surface area contributed by atoms with Gasteiger partial charge >= 0.3 is 0 Å². The van der Waals surface area contributed by atoms with Crippen molar-refractivity contribution in [2.24, 2.45) is 0 Å². The molecule has 1 aliphatic rings. The number of aliphatic hydroxyl groups is 1. The smallest absolute Gasteiger partial charge is 0.231 e. The van der Waals surface area contributed by atoms with Crippen molar-refractivity contribution in [3.05, 3.63) is 17.7 Å². The highest BCUT2D eigenvalue weighted by atomic mass is 16.7. The maximum Gasteiger partial charge on any atom is 0.231 e. The fraction of sp³-hybridized carbons (Fsp3) is 0.538. The lowest BCUT2D eigenvalue weighted by Gasteiger charge is -2.14. The Morgan fingerprint density at radius 3 is 2.78 bits per heavy atom. The van der Waals surface area contributed by atoms with Crippen molar-refractivity contribution in [3.8, 4) is 17.2 Å². The molecule has 1 aromatic carbocycles. The maximum absolute atomic E-state index is 9.54. The van der Waals surface area contributed by atoms with Crippen LogP contribution in [0.1, 0.15) is 18.9 Å². The quantitative estimate of drug-likeness (QED) is 0.800. The van der Waals surface area contributed by atoms with Crippen LogP contribution in [0.3, 0.4) is 0 Å².